The number of carbonyl (C=O) groups excluding carboxylic acids is 4. The number of imide groups is 1. The Labute approximate surface area is 174 Å². The van der Waals surface area contributed by atoms with Gasteiger partial charge >= 0.3 is 6.03 Å². The summed E-state index contributed by atoms with van der Waals surface area (Å²) >= 11 is 0. The van der Waals surface area contributed by atoms with E-state index >= 15 is 0 Å². The second kappa shape index (κ2) is 9.69. The van der Waals surface area contributed by atoms with E-state index in [9.17, 15) is 19.2 Å². The lowest BCUT2D eigenvalue weighted by Crippen LogP contribution is -2.33. The molecule has 0 radical (unpaired) electrons. The number of amides is 5. The van der Waals surface area contributed by atoms with Crippen LogP contribution in [0.25, 0.3) is 0 Å². The first-order chi connectivity index (χ1) is 14.4. The number of benzene rings is 2. The molecule has 5 amide bonds. The fourth-order valence-electron chi connectivity index (χ4n) is 3.25. The normalized spacial score (nSPS) is 15.6. The summed E-state index contributed by atoms with van der Waals surface area (Å²) in [5.74, 6) is -0.790. The van der Waals surface area contributed by atoms with Crippen LogP contribution in [0.2, 0.25) is 0 Å². The molecule has 1 aliphatic heterocycles. The van der Waals surface area contributed by atoms with E-state index in [0.29, 0.717) is 24.3 Å². The molecule has 0 aromatic heterocycles. The van der Waals surface area contributed by atoms with Crippen LogP contribution in [0.15, 0.2) is 54.6 Å². The van der Waals surface area contributed by atoms with E-state index in [4.69, 9.17) is 0 Å². The summed E-state index contributed by atoms with van der Waals surface area (Å²) in [6, 6.07) is 15.3. The van der Waals surface area contributed by atoms with E-state index in [1.165, 1.54) is 11.8 Å². The zero-order valence-electron chi connectivity index (χ0n) is 16.7. The Morgan fingerprint density at radius 1 is 1.00 bits per heavy atom. The van der Waals surface area contributed by atoms with Crippen molar-refractivity contribution in [2.75, 3.05) is 17.2 Å². The molecule has 30 heavy (non-hydrogen) atoms. The van der Waals surface area contributed by atoms with Crippen LogP contribution in [0.5, 0.6) is 0 Å². The third-order valence-corrected chi connectivity index (χ3v) is 4.70. The number of urea groups is 1. The molecule has 1 atom stereocenters. The minimum atomic E-state index is -0.704. The molecule has 0 spiro atoms. The van der Waals surface area contributed by atoms with Crippen LogP contribution in [-0.4, -0.2) is 41.2 Å². The zero-order valence-corrected chi connectivity index (χ0v) is 16.7. The topological polar surface area (TPSA) is 108 Å². The SMILES string of the molecule is CC(=O)Nc1cccc(NC(=O)CCC2NC(=O)N(CCc3ccccc3)C2=O)c1. The fourth-order valence-corrected chi connectivity index (χ4v) is 3.25. The highest BCUT2D eigenvalue weighted by Crippen LogP contribution is 2.17. The molecule has 1 fully saturated rings. The molecule has 2 aromatic carbocycles. The summed E-state index contributed by atoms with van der Waals surface area (Å²) < 4.78 is 0. The maximum absolute atomic E-state index is 12.5. The second-order valence-electron chi connectivity index (χ2n) is 7.08. The average Bonchev–Trinajstić information content (AvgIpc) is 2.98. The Bertz CT molecular complexity index is 945. The number of nitrogens with one attached hydrogen (secondary N) is 3. The molecule has 156 valence electrons. The van der Waals surface area contributed by atoms with Crippen LogP contribution in [-0.2, 0) is 20.8 Å². The third-order valence-electron chi connectivity index (χ3n) is 4.70. The molecule has 0 saturated carbocycles. The van der Waals surface area contributed by atoms with Gasteiger partial charge in [0.2, 0.25) is 11.8 Å². The molecule has 8 heteroatoms. The summed E-state index contributed by atoms with van der Waals surface area (Å²) in [7, 11) is 0. The van der Waals surface area contributed by atoms with Crippen molar-refractivity contribution < 1.29 is 19.2 Å². The fraction of sp³-hybridized carbons (Fsp3) is 0.273. The van der Waals surface area contributed by atoms with Crippen molar-refractivity contribution in [1.82, 2.24) is 10.2 Å². The van der Waals surface area contributed by atoms with Gasteiger partial charge in [-0.2, -0.15) is 0 Å². The van der Waals surface area contributed by atoms with E-state index in [1.807, 2.05) is 30.3 Å². The largest absolute Gasteiger partial charge is 0.326 e. The zero-order chi connectivity index (χ0) is 21.5. The predicted octanol–water partition coefficient (Wildman–Crippen LogP) is 2.53. The van der Waals surface area contributed by atoms with E-state index in [1.54, 1.807) is 24.3 Å². The molecule has 8 nitrogen and oxygen atoms in total. The molecule has 0 bridgehead atoms. The lowest BCUT2D eigenvalue weighted by Gasteiger charge is -2.13. The van der Waals surface area contributed by atoms with Crippen LogP contribution < -0.4 is 16.0 Å². The van der Waals surface area contributed by atoms with Crippen molar-refractivity contribution in [3.63, 3.8) is 0 Å². The highest BCUT2D eigenvalue weighted by Gasteiger charge is 2.37. The quantitative estimate of drug-likeness (QED) is 0.583. The van der Waals surface area contributed by atoms with E-state index in [-0.39, 0.29) is 30.6 Å². The van der Waals surface area contributed by atoms with Crippen molar-refractivity contribution in [1.29, 1.82) is 0 Å². The lowest BCUT2D eigenvalue weighted by molar-refractivity contribution is -0.127. The summed E-state index contributed by atoms with van der Waals surface area (Å²) in [6.07, 6.45) is 0.870. The number of anilines is 2. The summed E-state index contributed by atoms with van der Waals surface area (Å²) in [5.41, 5.74) is 2.16. The van der Waals surface area contributed by atoms with Crippen LogP contribution in [0.3, 0.4) is 0 Å². The lowest BCUT2D eigenvalue weighted by atomic mass is 10.1. The first-order valence-electron chi connectivity index (χ1n) is 9.75. The van der Waals surface area contributed by atoms with Gasteiger partial charge in [-0.05, 0) is 36.6 Å². The molecule has 3 N–H and O–H groups in total. The number of nitrogens with zero attached hydrogens (tertiary/aromatic N) is 1. The van der Waals surface area contributed by atoms with Crippen LogP contribution in [0, 0.1) is 0 Å². The molecule has 1 aliphatic rings. The molecule has 1 heterocycles. The summed E-state index contributed by atoms with van der Waals surface area (Å²) in [5, 5.41) is 8.03. The highest BCUT2D eigenvalue weighted by atomic mass is 16.2. The molecule has 0 aliphatic carbocycles. The molecular formula is C22H24N4O4. The van der Waals surface area contributed by atoms with E-state index in [2.05, 4.69) is 16.0 Å². The van der Waals surface area contributed by atoms with Crippen LogP contribution in [0.4, 0.5) is 16.2 Å². The molecule has 1 saturated heterocycles. The van der Waals surface area contributed by atoms with Gasteiger partial charge in [-0.3, -0.25) is 19.3 Å². The van der Waals surface area contributed by atoms with Crippen molar-refractivity contribution >= 4 is 35.1 Å². The maximum atomic E-state index is 12.5. The van der Waals surface area contributed by atoms with Gasteiger partial charge in [0.25, 0.3) is 5.91 Å². The van der Waals surface area contributed by atoms with E-state index < -0.39 is 12.1 Å². The van der Waals surface area contributed by atoms with Gasteiger partial charge in [0.05, 0.1) is 0 Å². The van der Waals surface area contributed by atoms with Gasteiger partial charge in [-0.25, -0.2) is 4.79 Å². The minimum absolute atomic E-state index is 0.0770. The average molecular weight is 408 g/mol. The number of hydrogen-bond acceptors (Lipinski definition) is 4. The molecule has 1 unspecified atom stereocenters. The second-order valence-corrected chi connectivity index (χ2v) is 7.08. The van der Waals surface area contributed by atoms with Crippen LogP contribution in [0.1, 0.15) is 25.3 Å². The van der Waals surface area contributed by atoms with Crippen LogP contribution >= 0.6 is 0 Å². The molecule has 2 aromatic rings. The Morgan fingerprint density at radius 3 is 2.40 bits per heavy atom. The Balaban J connectivity index is 1.48. The molecule has 3 rings (SSSR count). The molecular weight excluding hydrogens is 384 g/mol. The number of carbonyl (C=O) groups is 4. The van der Waals surface area contributed by atoms with Gasteiger partial charge in [0, 0.05) is 31.3 Å². The standard InChI is InChI=1S/C22H24N4O4/c1-15(27)23-17-8-5-9-18(14-17)24-20(28)11-10-19-21(29)26(22(30)25-19)13-12-16-6-3-2-4-7-16/h2-9,14,19H,10-13H2,1H3,(H,23,27)(H,24,28)(H,25,30). The van der Waals surface area contributed by atoms with Gasteiger partial charge < -0.3 is 16.0 Å². The van der Waals surface area contributed by atoms with E-state index in [0.717, 1.165) is 5.56 Å². The summed E-state index contributed by atoms with van der Waals surface area (Å²) in [4.78, 5) is 49.2. The van der Waals surface area contributed by atoms with Crippen molar-refractivity contribution in [3.05, 3.63) is 60.2 Å². The maximum Gasteiger partial charge on any atom is 0.324 e. The third kappa shape index (κ3) is 5.66. The first kappa shape index (κ1) is 21.0. The van der Waals surface area contributed by atoms with Crippen molar-refractivity contribution in [2.45, 2.75) is 32.2 Å². The number of hydrogen-bond donors (Lipinski definition) is 3. The summed E-state index contributed by atoms with van der Waals surface area (Å²) in [6.45, 7) is 1.70. The predicted molar refractivity (Wildman–Crippen MR) is 113 cm³/mol. The van der Waals surface area contributed by atoms with Crippen molar-refractivity contribution in [3.8, 4) is 0 Å². The smallest absolute Gasteiger partial charge is 0.324 e. The highest BCUT2D eigenvalue weighted by molar-refractivity contribution is 6.04. The Morgan fingerprint density at radius 2 is 1.70 bits per heavy atom. The van der Waals surface area contributed by atoms with Gasteiger partial charge in [0.1, 0.15) is 6.04 Å². The number of rotatable bonds is 8. The van der Waals surface area contributed by atoms with Gasteiger partial charge in [-0.15, -0.1) is 0 Å². The van der Waals surface area contributed by atoms with Gasteiger partial charge in [0.15, 0.2) is 0 Å². The Hall–Kier alpha value is -3.68. The minimum Gasteiger partial charge on any atom is -0.326 e. The first-order valence-corrected chi connectivity index (χ1v) is 9.75. The monoisotopic (exact) mass is 408 g/mol. The van der Waals surface area contributed by atoms with Crippen molar-refractivity contribution in [2.24, 2.45) is 0 Å². The Kier molecular flexibility index (Phi) is 6.79. The van der Waals surface area contributed by atoms with Gasteiger partial charge in [-0.1, -0.05) is 36.4 Å².